The van der Waals surface area contributed by atoms with Gasteiger partial charge in [0.25, 0.3) is 0 Å². The second-order valence-corrected chi connectivity index (χ2v) is 13.2. The first-order chi connectivity index (χ1) is 17.6. The highest BCUT2D eigenvalue weighted by Crippen LogP contribution is 2.47. The molecule has 1 aliphatic rings. The van der Waals surface area contributed by atoms with E-state index >= 15 is 4.39 Å². The fourth-order valence-corrected chi connectivity index (χ4v) is 6.34. The van der Waals surface area contributed by atoms with Crippen LogP contribution in [0.4, 0.5) is 14.6 Å². The number of ether oxygens (including phenoxy) is 1. The third-order valence-electron chi connectivity index (χ3n) is 6.85. The maximum atomic E-state index is 16.2. The molecule has 0 amide bonds. The number of anilines is 1. The van der Waals surface area contributed by atoms with Gasteiger partial charge in [-0.1, -0.05) is 12.0 Å². The Labute approximate surface area is 212 Å². The van der Waals surface area contributed by atoms with E-state index in [9.17, 15) is 14.1 Å². The predicted octanol–water partition coefficient (Wildman–Crippen LogP) is 5.41. The molecule has 5 rings (SSSR count). The lowest BCUT2D eigenvalue weighted by atomic mass is 9.96. The molecule has 2 aromatic carbocycles. The zero-order valence-electron chi connectivity index (χ0n) is 20.6. The molecular weight excluding hydrogens is 497 g/mol. The van der Waals surface area contributed by atoms with Crippen molar-refractivity contribution < 1.29 is 23.2 Å². The lowest BCUT2D eigenvalue weighted by molar-refractivity contribution is 0.381. The summed E-state index contributed by atoms with van der Waals surface area (Å²) in [6.07, 6.45) is 8.69. The second kappa shape index (κ2) is 9.28. The van der Waals surface area contributed by atoms with Crippen molar-refractivity contribution in [3.05, 3.63) is 47.7 Å². The van der Waals surface area contributed by atoms with Gasteiger partial charge in [-0.05, 0) is 49.8 Å². The molecule has 0 radical (unpaired) electrons. The Morgan fingerprint density at radius 2 is 2.03 bits per heavy atom. The van der Waals surface area contributed by atoms with Crippen molar-refractivity contribution >= 4 is 34.6 Å². The summed E-state index contributed by atoms with van der Waals surface area (Å²) in [6.45, 7) is 4.71. The first-order valence-corrected chi connectivity index (χ1v) is 14.4. The number of rotatable bonds is 4. The standard InChI is InChI=1S/C27H25F2N4O3P/c1-5-18-21(28)9-8-15-11-16(34)12-19(22(15)18)24-23(29)25-20(13-30-24)26(32-27(31-25)36-2)33-10-6-7-17(14-33)37(3,4)35/h1,8-9,11-13,17,34H,6-7,10,14H2,2-4H3. The van der Waals surface area contributed by atoms with Gasteiger partial charge < -0.3 is 19.3 Å². The van der Waals surface area contributed by atoms with Crippen LogP contribution in [0.1, 0.15) is 18.4 Å². The molecule has 190 valence electrons. The molecule has 1 saturated heterocycles. The minimum absolute atomic E-state index is 0.00919. The molecule has 37 heavy (non-hydrogen) atoms. The molecule has 3 heterocycles. The fraction of sp³-hybridized carbons (Fsp3) is 0.296. The molecule has 7 nitrogen and oxygen atoms in total. The number of pyridine rings is 1. The summed E-state index contributed by atoms with van der Waals surface area (Å²) in [5, 5.41) is 11.4. The number of phenols is 1. The summed E-state index contributed by atoms with van der Waals surface area (Å²) in [4.78, 5) is 15.1. The van der Waals surface area contributed by atoms with E-state index in [4.69, 9.17) is 11.2 Å². The highest BCUT2D eigenvalue weighted by Gasteiger charge is 2.31. The Bertz CT molecular complexity index is 1650. The average molecular weight is 522 g/mol. The van der Waals surface area contributed by atoms with Crippen molar-refractivity contribution in [2.24, 2.45) is 0 Å². The van der Waals surface area contributed by atoms with Crippen LogP contribution in [0.25, 0.3) is 32.9 Å². The number of hydrogen-bond donors (Lipinski definition) is 1. The largest absolute Gasteiger partial charge is 0.508 e. The summed E-state index contributed by atoms with van der Waals surface area (Å²) in [5.41, 5.74) is -0.120. The Morgan fingerprint density at radius 1 is 1.24 bits per heavy atom. The van der Waals surface area contributed by atoms with E-state index < -0.39 is 18.8 Å². The minimum Gasteiger partial charge on any atom is -0.508 e. The zero-order chi connectivity index (χ0) is 26.5. The van der Waals surface area contributed by atoms with E-state index in [2.05, 4.69) is 20.9 Å². The number of fused-ring (bicyclic) bond motifs is 2. The van der Waals surface area contributed by atoms with Gasteiger partial charge in [0.15, 0.2) is 5.82 Å². The van der Waals surface area contributed by atoms with Crippen LogP contribution in [0.15, 0.2) is 30.5 Å². The molecule has 1 fully saturated rings. The topological polar surface area (TPSA) is 88.4 Å². The van der Waals surface area contributed by atoms with E-state index in [1.165, 1.54) is 37.6 Å². The number of terminal acetylenes is 1. The van der Waals surface area contributed by atoms with Gasteiger partial charge in [-0.3, -0.25) is 4.98 Å². The Morgan fingerprint density at radius 3 is 2.73 bits per heavy atom. The second-order valence-electron chi connectivity index (χ2n) is 9.55. The molecule has 1 aliphatic heterocycles. The van der Waals surface area contributed by atoms with Gasteiger partial charge in [-0.15, -0.1) is 6.42 Å². The van der Waals surface area contributed by atoms with Gasteiger partial charge in [0.05, 0.1) is 25.2 Å². The summed E-state index contributed by atoms with van der Waals surface area (Å²) in [5.74, 6) is 1.19. The lowest BCUT2D eigenvalue weighted by Crippen LogP contribution is -2.38. The van der Waals surface area contributed by atoms with Crippen LogP contribution in [0.2, 0.25) is 0 Å². The normalized spacial score (nSPS) is 16.2. The SMILES string of the molecule is C#Cc1c(F)ccc2cc(O)cc(-c3ncc4c(N5CCCC(P(C)(C)=O)C5)nc(OC)nc4c3F)c12. The van der Waals surface area contributed by atoms with Crippen molar-refractivity contribution in [3.8, 4) is 35.4 Å². The van der Waals surface area contributed by atoms with Crippen molar-refractivity contribution in [2.45, 2.75) is 18.5 Å². The van der Waals surface area contributed by atoms with Crippen molar-refractivity contribution in [2.75, 3.05) is 38.4 Å². The number of benzene rings is 2. The van der Waals surface area contributed by atoms with E-state index in [-0.39, 0.29) is 45.1 Å². The number of halogens is 2. The number of hydrogen-bond acceptors (Lipinski definition) is 7. The third kappa shape index (κ3) is 4.36. The number of aromatic nitrogens is 3. The van der Waals surface area contributed by atoms with E-state index in [0.717, 1.165) is 12.8 Å². The van der Waals surface area contributed by atoms with Crippen LogP contribution in [0.3, 0.4) is 0 Å². The molecule has 0 bridgehead atoms. The van der Waals surface area contributed by atoms with Crippen molar-refractivity contribution in [3.63, 3.8) is 0 Å². The summed E-state index contributed by atoms with van der Waals surface area (Å²) < 4.78 is 48.8. The molecule has 4 aromatic rings. The van der Waals surface area contributed by atoms with Crippen LogP contribution < -0.4 is 9.64 Å². The van der Waals surface area contributed by atoms with E-state index in [1.807, 2.05) is 4.90 Å². The molecule has 2 aromatic heterocycles. The summed E-state index contributed by atoms with van der Waals surface area (Å²) >= 11 is 0. The predicted molar refractivity (Wildman–Crippen MR) is 141 cm³/mol. The molecular formula is C27H25F2N4O3P. The minimum atomic E-state index is -2.35. The van der Waals surface area contributed by atoms with Crippen LogP contribution in [0, 0.1) is 24.0 Å². The monoisotopic (exact) mass is 522 g/mol. The zero-order valence-corrected chi connectivity index (χ0v) is 21.5. The number of phenolic OH excluding ortho intramolecular Hbond substituents is 1. The van der Waals surface area contributed by atoms with Gasteiger partial charge in [-0.2, -0.15) is 9.97 Å². The smallest absolute Gasteiger partial charge is 0.318 e. The van der Waals surface area contributed by atoms with Crippen molar-refractivity contribution in [1.29, 1.82) is 0 Å². The Kier molecular flexibility index (Phi) is 6.25. The van der Waals surface area contributed by atoms with E-state index in [0.29, 0.717) is 29.7 Å². The summed E-state index contributed by atoms with van der Waals surface area (Å²) in [6, 6.07) is 5.35. The van der Waals surface area contributed by atoms with Gasteiger partial charge in [0, 0.05) is 35.9 Å². The van der Waals surface area contributed by atoms with Crippen LogP contribution in [0.5, 0.6) is 11.8 Å². The first kappa shape index (κ1) is 24.9. The molecule has 1 unspecified atom stereocenters. The Hall–Kier alpha value is -3.76. The van der Waals surface area contributed by atoms with Gasteiger partial charge in [-0.25, -0.2) is 8.78 Å². The number of piperidine rings is 1. The number of nitrogens with zero attached hydrogens (tertiary/aromatic N) is 4. The van der Waals surface area contributed by atoms with E-state index in [1.54, 1.807) is 13.3 Å². The van der Waals surface area contributed by atoms with Crippen LogP contribution in [-0.4, -0.2) is 59.2 Å². The average Bonchev–Trinajstić information content (AvgIpc) is 2.88. The fourth-order valence-electron chi connectivity index (χ4n) is 4.95. The Balaban J connectivity index is 1.74. The summed E-state index contributed by atoms with van der Waals surface area (Å²) in [7, 11) is -0.962. The first-order valence-electron chi connectivity index (χ1n) is 11.7. The molecule has 10 heteroatoms. The third-order valence-corrected chi connectivity index (χ3v) is 9.03. The molecule has 0 aliphatic carbocycles. The number of aromatic hydroxyl groups is 1. The number of methoxy groups -OCH3 is 1. The van der Waals surface area contributed by atoms with Gasteiger partial charge in [0.2, 0.25) is 0 Å². The molecule has 1 N–H and O–H groups in total. The highest BCUT2D eigenvalue weighted by atomic mass is 31.2. The maximum absolute atomic E-state index is 16.2. The van der Waals surface area contributed by atoms with Crippen molar-refractivity contribution in [1.82, 2.24) is 15.0 Å². The van der Waals surface area contributed by atoms with Crippen LogP contribution >= 0.6 is 7.14 Å². The van der Waals surface area contributed by atoms with Gasteiger partial charge in [0.1, 0.15) is 28.6 Å². The maximum Gasteiger partial charge on any atom is 0.318 e. The molecule has 1 atom stereocenters. The quantitative estimate of drug-likeness (QED) is 0.283. The lowest BCUT2D eigenvalue weighted by Gasteiger charge is -2.35. The molecule has 0 spiro atoms. The van der Waals surface area contributed by atoms with Crippen LogP contribution in [-0.2, 0) is 4.57 Å². The van der Waals surface area contributed by atoms with Gasteiger partial charge >= 0.3 is 6.01 Å². The highest BCUT2D eigenvalue weighted by molar-refractivity contribution is 7.63. The molecule has 0 saturated carbocycles.